The predicted molar refractivity (Wildman–Crippen MR) is 150 cm³/mol. The van der Waals surface area contributed by atoms with Gasteiger partial charge in [0, 0.05) is 29.9 Å². The molecule has 1 aromatic carbocycles. The van der Waals surface area contributed by atoms with Crippen LogP contribution in [0, 0.1) is 5.92 Å². The molecule has 0 radical (unpaired) electrons. The molecule has 214 valence electrons. The maximum absolute atomic E-state index is 13.5. The number of para-hydroxylation sites is 1. The number of hydrogen-bond donors (Lipinski definition) is 7. The van der Waals surface area contributed by atoms with Crippen LogP contribution < -0.4 is 27.4 Å². The molecule has 4 amide bonds. The van der Waals surface area contributed by atoms with E-state index in [9.17, 15) is 29.1 Å². The van der Waals surface area contributed by atoms with Gasteiger partial charge in [0.15, 0.2) is 0 Å². The third kappa shape index (κ3) is 9.59. The van der Waals surface area contributed by atoms with Crippen LogP contribution in [0.15, 0.2) is 30.5 Å². The number of aromatic nitrogens is 1. The maximum Gasteiger partial charge on any atom is 0.326 e. The number of carboxylic acid groups (broad SMARTS) is 1. The van der Waals surface area contributed by atoms with Crippen LogP contribution in [0.3, 0.4) is 0 Å². The fraction of sp³-hybridized carbons (Fsp3) is 0.500. The van der Waals surface area contributed by atoms with Crippen molar-refractivity contribution in [3.05, 3.63) is 36.0 Å². The summed E-state index contributed by atoms with van der Waals surface area (Å²) in [5.74, 6) is -3.54. The Labute approximate surface area is 231 Å². The summed E-state index contributed by atoms with van der Waals surface area (Å²) < 4.78 is 0. The maximum atomic E-state index is 13.5. The van der Waals surface area contributed by atoms with Crippen LogP contribution in [0.1, 0.15) is 38.7 Å². The van der Waals surface area contributed by atoms with Crippen LogP contribution in [-0.2, 0) is 30.4 Å². The lowest BCUT2D eigenvalue weighted by atomic mass is 10.00. The van der Waals surface area contributed by atoms with Gasteiger partial charge in [-0.05, 0) is 42.4 Å². The van der Waals surface area contributed by atoms with Gasteiger partial charge in [0.1, 0.15) is 18.1 Å². The smallest absolute Gasteiger partial charge is 0.326 e. The van der Waals surface area contributed by atoms with Crippen molar-refractivity contribution in [3.63, 3.8) is 0 Å². The Bertz CT molecular complexity index is 1170. The predicted octanol–water partition coefficient (Wildman–Crippen LogP) is 0.251. The number of primary amides is 1. The lowest BCUT2D eigenvalue weighted by molar-refractivity contribution is -0.142. The van der Waals surface area contributed by atoms with Crippen molar-refractivity contribution >= 4 is 52.3 Å². The molecular formula is C26H38N6O6S. The number of hydrogen-bond acceptors (Lipinski definition) is 7. The third-order valence-corrected chi connectivity index (χ3v) is 6.89. The number of nitrogens with two attached hydrogens (primary N) is 2. The summed E-state index contributed by atoms with van der Waals surface area (Å²) >= 11 is 1.46. The van der Waals surface area contributed by atoms with E-state index in [1.807, 2.05) is 30.5 Å². The highest BCUT2D eigenvalue weighted by Gasteiger charge is 2.32. The molecule has 39 heavy (non-hydrogen) atoms. The number of aliphatic carboxylic acids is 1. The van der Waals surface area contributed by atoms with E-state index in [1.54, 1.807) is 20.0 Å². The summed E-state index contributed by atoms with van der Waals surface area (Å²) in [6.45, 7) is 3.43. The number of thioether (sulfide) groups is 1. The van der Waals surface area contributed by atoms with Crippen LogP contribution >= 0.6 is 11.8 Å². The number of nitrogens with one attached hydrogen (secondary N) is 4. The summed E-state index contributed by atoms with van der Waals surface area (Å²) in [4.78, 5) is 65.2. The molecule has 12 nitrogen and oxygen atoms in total. The minimum absolute atomic E-state index is 0.00619. The minimum atomic E-state index is -1.17. The second-order valence-corrected chi connectivity index (χ2v) is 10.6. The molecule has 9 N–H and O–H groups in total. The summed E-state index contributed by atoms with van der Waals surface area (Å²) in [6.07, 6.45) is 3.79. The van der Waals surface area contributed by atoms with Gasteiger partial charge in [-0.3, -0.25) is 19.2 Å². The number of amides is 4. The average molecular weight is 563 g/mol. The van der Waals surface area contributed by atoms with Crippen molar-refractivity contribution in [2.24, 2.45) is 17.4 Å². The van der Waals surface area contributed by atoms with E-state index in [4.69, 9.17) is 11.5 Å². The molecule has 13 heteroatoms. The summed E-state index contributed by atoms with van der Waals surface area (Å²) in [5.41, 5.74) is 12.7. The van der Waals surface area contributed by atoms with Gasteiger partial charge < -0.3 is 37.5 Å². The normalized spacial score (nSPS) is 14.3. The molecule has 1 heterocycles. The minimum Gasteiger partial charge on any atom is -0.480 e. The summed E-state index contributed by atoms with van der Waals surface area (Å²) in [7, 11) is 0. The van der Waals surface area contributed by atoms with Gasteiger partial charge >= 0.3 is 5.97 Å². The van der Waals surface area contributed by atoms with Gasteiger partial charge in [0.05, 0.1) is 6.04 Å². The zero-order valence-electron chi connectivity index (χ0n) is 22.4. The number of aromatic amines is 1. The monoisotopic (exact) mass is 562 g/mol. The fourth-order valence-corrected chi connectivity index (χ4v) is 4.45. The van der Waals surface area contributed by atoms with Crippen molar-refractivity contribution < 1.29 is 29.1 Å². The molecule has 0 saturated heterocycles. The lowest BCUT2D eigenvalue weighted by Crippen LogP contribution is -2.59. The second-order valence-electron chi connectivity index (χ2n) is 9.65. The molecule has 0 aliphatic heterocycles. The highest BCUT2D eigenvalue weighted by atomic mass is 32.2. The summed E-state index contributed by atoms with van der Waals surface area (Å²) in [5, 5.41) is 18.2. The number of carbonyl (C=O) groups excluding carboxylic acids is 4. The second kappa shape index (κ2) is 15.1. The molecule has 0 bridgehead atoms. The molecule has 0 aliphatic rings. The van der Waals surface area contributed by atoms with Crippen molar-refractivity contribution in [1.82, 2.24) is 20.9 Å². The lowest BCUT2D eigenvalue weighted by Gasteiger charge is -2.27. The average Bonchev–Trinajstić information content (AvgIpc) is 3.29. The first-order chi connectivity index (χ1) is 18.4. The number of carbonyl (C=O) groups is 5. The standard InChI is InChI=1S/C26H38N6O6S/c1-14(2)22(25(36)30-19(26(37)38)10-11-39-3)32-24(35)20(31-23(34)17(27)8-9-21(28)33)12-15-13-29-18-7-5-4-6-16(15)18/h4-7,13-14,17,19-20,22,29H,8-12,27H2,1-3H3,(H2,28,33)(H,30,36)(H,31,34)(H,32,35)(H,37,38). The van der Waals surface area contributed by atoms with E-state index in [2.05, 4.69) is 20.9 Å². The molecular weight excluding hydrogens is 524 g/mol. The van der Waals surface area contributed by atoms with Crippen LogP contribution in [0.5, 0.6) is 0 Å². The quantitative estimate of drug-likeness (QED) is 0.150. The van der Waals surface area contributed by atoms with E-state index in [0.29, 0.717) is 5.75 Å². The number of fused-ring (bicyclic) bond motifs is 1. The largest absolute Gasteiger partial charge is 0.480 e. The Kier molecular flexibility index (Phi) is 12.3. The molecule has 1 aromatic heterocycles. The first kappa shape index (κ1) is 31.6. The van der Waals surface area contributed by atoms with Crippen molar-refractivity contribution in [1.29, 1.82) is 0 Å². The van der Waals surface area contributed by atoms with Gasteiger partial charge in [-0.2, -0.15) is 11.8 Å². The van der Waals surface area contributed by atoms with E-state index in [-0.39, 0.29) is 31.6 Å². The Morgan fingerprint density at radius 3 is 2.26 bits per heavy atom. The molecule has 0 spiro atoms. The first-order valence-corrected chi connectivity index (χ1v) is 14.1. The van der Waals surface area contributed by atoms with Crippen LogP contribution in [0.2, 0.25) is 0 Å². The Balaban J connectivity index is 2.26. The van der Waals surface area contributed by atoms with E-state index in [0.717, 1.165) is 16.5 Å². The molecule has 0 fully saturated rings. The van der Waals surface area contributed by atoms with Gasteiger partial charge in [-0.25, -0.2) is 4.79 Å². The zero-order chi connectivity index (χ0) is 29.1. The highest BCUT2D eigenvalue weighted by molar-refractivity contribution is 7.98. The number of benzene rings is 1. The van der Waals surface area contributed by atoms with E-state index >= 15 is 0 Å². The van der Waals surface area contributed by atoms with Gasteiger partial charge in [-0.15, -0.1) is 0 Å². The van der Waals surface area contributed by atoms with Gasteiger partial charge in [-0.1, -0.05) is 32.0 Å². The van der Waals surface area contributed by atoms with Crippen LogP contribution in [0.25, 0.3) is 10.9 Å². The van der Waals surface area contributed by atoms with Crippen LogP contribution in [-0.4, -0.2) is 75.9 Å². The first-order valence-electron chi connectivity index (χ1n) is 12.7. The van der Waals surface area contributed by atoms with Crippen molar-refractivity contribution in [3.8, 4) is 0 Å². The molecule has 0 aliphatic carbocycles. The highest BCUT2D eigenvalue weighted by Crippen LogP contribution is 2.19. The molecule has 2 aromatic rings. The van der Waals surface area contributed by atoms with Crippen molar-refractivity contribution in [2.75, 3.05) is 12.0 Å². The van der Waals surface area contributed by atoms with E-state index < -0.39 is 53.8 Å². The van der Waals surface area contributed by atoms with Gasteiger partial charge in [0.25, 0.3) is 0 Å². The molecule has 2 rings (SSSR count). The Hall–Kier alpha value is -3.58. The number of H-pyrrole nitrogens is 1. The van der Waals surface area contributed by atoms with E-state index in [1.165, 1.54) is 11.8 Å². The van der Waals surface area contributed by atoms with Gasteiger partial charge in [0.2, 0.25) is 23.6 Å². The topological polar surface area (TPSA) is 210 Å². The fourth-order valence-electron chi connectivity index (χ4n) is 3.98. The number of carboxylic acids is 1. The molecule has 4 unspecified atom stereocenters. The zero-order valence-corrected chi connectivity index (χ0v) is 23.2. The van der Waals surface area contributed by atoms with Crippen LogP contribution in [0.4, 0.5) is 0 Å². The third-order valence-electron chi connectivity index (χ3n) is 6.24. The Morgan fingerprint density at radius 2 is 1.64 bits per heavy atom. The summed E-state index contributed by atoms with van der Waals surface area (Å²) in [6, 6.07) is 3.12. The number of rotatable bonds is 16. The van der Waals surface area contributed by atoms with Crippen molar-refractivity contribution in [2.45, 2.75) is 63.7 Å². The Morgan fingerprint density at radius 1 is 0.974 bits per heavy atom. The SMILES string of the molecule is CSCCC(NC(=O)C(NC(=O)C(Cc1c[nH]c2ccccc12)NC(=O)C(N)CCC(N)=O)C(C)C)C(=O)O. The molecule has 0 saturated carbocycles. The molecule has 4 atom stereocenters.